The van der Waals surface area contributed by atoms with E-state index in [1.54, 1.807) is 0 Å². The number of fused-ring (bicyclic) bond motifs is 1. The molecule has 118 valence electrons. The molecule has 22 heavy (non-hydrogen) atoms. The standard InChI is InChI=1S/C17H23N3O2/c1-17(10-6-12-22-17)16(21)18-11-5-9-15-19-13-7-3-4-8-14(13)20(15)2/h3-4,7-8H,5-6,9-12H2,1-2H3,(H,18,21). The molecule has 2 aromatic rings. The Kier molecular flexibility index (Phi) is 4.16. The Morgan fingerprint density at radius 3 is 3.00 bits per heavy atom. The van der Waals surface area contributed by atoms with Crippen LogP contribution in [0.1, 0.15) is 32.0 Å². The number of imidazole rings is 1. The fourth-order valence-corrected chi connectivity index (χ4v) is 3.01. The van der Waals surface area contributed by atoms with Crippen LogP contribution < -0.4 is 5.32 Å². The maximum atomic E-state index is 12.1. The van der Waals surface area contributed by atoms with Gasteiger partial charge >= 0.3 is 0 Å². The normalized spacial score (nSPS) is 21.4. The van der Waals surface area contributed by atoms with Crippen molar-refractivity contribution in [3.8, 4) is 0 Å². The lowest BCUT2D eigenvalue weighted by molar-refractivity contribution is -0.139. The van der Waals surface area contributed by atoms with E-state index >= 15 is 0 Å². The molecular formula is C17H23N3O2. The number of nitrogens with zero attached hydrogens (tertiary/aromatic N) is 2. The first-order valence-electron chi connectivity index (χ1n) is 7.93. The van der Waals surface area contributed by atoms with Crippen molar-refractivity contribution in [1.29, 1.82) is 0 Å². The van der Waals surface area contributed by atoms with Gasteiger partial charge in [0.25, 0.3) is 5.91 Å². The second kappa shape index (κ2) is 6.08. The molecule has 0 saturated carbocycles. The van der Waals surface area contributed by atoms with Crippen LogP contribution in [-0.4, -0.2) is 34.2 Å². The Balaban J connectivity index is 1.52. The number of carbonyl (C=O) groups excluding carboxylic acids is 1. The summed E-state index contributed by atoms with van der Waals surface area (Å²) in [5, 5.41) is 2.99. The average molecular weight is 301 g/mol. The number of amides is 1. The molecule has 1 aromatic heterocycles. The zero-order chi connectivity index (χ0) is 15.6. The first-order chi connectivity index (χ1) is 10.6. The summed E-state index contributed by atoms with van der Waals surface area (Å²) in [4.78, 5) is 16.8. The van der Waals surface area contributed by atoms with Gasteiger partial charge in [-0.1, -0.05) is 12.1 Å². The molecule has 1 atom stereocenters. The van der Waals surface area contributed by atoms with Crippen molar-refractivity contribution >= 4 is 16.9 Å². The summed E-state index contributed by atoms with van der Waals surface area (Å²) >= 11 is 0. The summed E-state index contributed by atoms with van der Waals surface area (Å²) in [7, 11) is 2.04. The van der Waals surface area contributed by atoms with Crippen LogP contribution in [0, 0.1) is 0 Å². The summed E-state index contributed by atoms with van der Waals surface area (Å²) in [6.45, 7) is 3.21. The number of ether oxygens (including phenoxy) is 1. The largest absolute Gasteiger partial charge is 0.365 e. The molecule has 0 bridgehead atoms. The minimum absolute atomic E-state index is 0.00926. The van der Waals surface area contributed by atoms with Gasteiger partial charge in [0.2, 0.25) is 0 Å². The van der Waals surface area contributed by atoms with Crippen molar-refractivity contribution in [3.63, 3.8) is 0 Å². The summed E-state index contributed by atoms with van der Waals surface area (Å²) in [5.41, 5.74) is 1.54. The predicted octanol–water partition coefficient (Wildman–Crippen LogP) is 2.19. The Hall–Kier alpha value is -1.88. The van der Waals surface area contributed by atoms with Gasteiger partial charge in [-0.2, -0.15) is 0 Å². The van der Waals surface area contributed by atoms with Gasteiger partial charge in [0, 0.05) is 26.6 Å². The number of para-hydroxylation sites is 2. The molecule has 1 aliphatic heterocycles. The van der Waals surface area contributed by atoms with E-state index in [-0.39, 0.29) is 5.91 Å². The van der Waals surface area contributed by atoms with E-state index in [0.29, 0.717) is 13.2 Å². The van der Waals surface area contributed by atoms with E-state index in [1.807, 2.05) is 32.2 Å². The third kappa shape index (κ3) is 2.86. The van der Waals surface area contributed by atoms with Crippen molar-refractivity contribution in [2.75, 3.05) is 13.2 Å². The topological polar surface area (TPSA) is 56.2 Å². The van der Waals surface area contributed by atoms with E-state index < -0.39 is 5.60 Å². The van der Waals surface area contributed by atoms with Crippen LogP contribution in [0.5, 0.6) is 0 Å². The highest BCUT2D eigenvalue weighted by molar-refractivity contribution is 5.85. The van der Waals surface area contributed by atoms with E-state index in [0.717, 1.165) is 42.5 Å². The van der Waals surface area contributed by atoms with Crippen LogP contribution in [-0.2, 0) is 23.0 Å². The Bertz CT molecular complexity index is 672. The van der Waals surface area contributed by atoms with Gasteiger partial charge in [-0.05, 0) is 38.3 Å². The van der Waals surface area contributed by atoms with E-state index in [2.05, 4.69) is 20.9 Å². The molecule has 0 spiro atoms. The van der Waals surface area contributed by atoms with Crippen LogP contribution in [0.3, 0.4) is 0 Å². The van der Waals surface area contributed by atoms with Crippen LogP contribution in [0.2, 0.25) is 0 Å². The summed E-state index contributed by atoms with van der Waals surface area (Å²) < 4.78 is 7.67. The molecule has 1 aromatic carbocycles. The lowest BCUT2D eigenvalue weighted by atomic mass is 10.0. The van der Waals surface area contributed by atoms with E-state index in [4.69, 9.17) is 4.74 Å². The third-order valence-corrected chi connectivity index (χ3v) is 4.44. The Morgan fingerprint density at radius 2 is 2.27 bits per heavy atom. The van der Waals surface area contributed by atoms with Gasteiger partial charge < -0.3 is 14.6 Å². The summed E-state index contributed by atoms with van der Waals surface area (Å²) in [6, 6.07) is 8.13. The second-order valence-corrected chi connectivity index (χ2v) is 6.12. The Labute approximate surface area is 130 Å². The molecule has 5 heteroatoms. The number of benzene rings is 1. The number of nitrogens with one attached hydrogen (secondary N) is 1. The first kappa shape index (κ1) is 15.0. The van der Waals surface area contributed by atoms with Gasteiger partial charge in [-0.25, -0.2) is 4.98 Å². The van der Waals surface area contributed by atoms with E-state index in [1.165, 1.54) is 0 Å². The highest BCUT2D eigenvalue weighted by atomic mass is 16.5. The van der Waals surface area contributed by atoms with Crippen LogP contribution in [0.25, 0.3) is 11.0 Å². The number of aromatic nitrogens is 2. The number of aryl methyl sites for hydroxylation is 2. The van der Waals surface area contributed by atoms with Gasteiger partial charge in [0.1, 0.15) is 11.4 Å². The predicted molar refractivity (Wildman–Crippen MR) is 85.6 cm³/mol. The second-order valence-electron chi connectivity index (χ2n) is 6.12. The van der Waals surface area contributed by atoms with Gasteiger partial charge in [0.05, 0.1) is 11.0 Å². The Morgan fingerprint density at radius 1 is 1.45 bits per heavy atom. The molecule has 3 rings (SSSR count). The summed E-state index contributed by atoms with van der Waals surface area (Å²) in [6.07, 6.45) is 3.50. The van der Waals surface area contributed by atoms with Gasteiger partial charge in [0.15, 0.2) is 0 Å². The van der Waals surface area contributed by atoms with Crippen LogP contribution >= 0.6 is 0 Å². The fourth-order valence-electron chi connectivity index (χ4n) is 3.01. The van der Waals surface area contributed by atoms with Crippen molar-refractivity contribution in [2.24, 2.45) is 7.05 Å². The number of hydrogen-bond donors (Lipinski definition) is 1. The van der Waals surface area contributed by atoms with E-state index in [9.17, 15) is 4.79 Å². The molecule has 1 aliphatic rings. The molecule has 0 radical (unpaired) electrons. The minimum Gasteiger partial charge on any atom is -0.365 e. The molecule has 0 aliphatic carbocycles. The molecular weight excluding hydrogens is 278 g/mol. The number of rotatable bonds is 5. The van der Waals surface area contributed by atoms with Gasteiger partial charge in [-0.15, -0.1) is 0 Å². The third-order valence-electron chi connectivity index (χ3n) is 4.44. The maximum absolute atomic E-state index is 12.1. The number of carbonyl (C=O) groups is 1. The van der Waals surface area contributed by atoms with Crippen LogP contribution in [0.15, 0.2) is 24.3 Å². The first-order valence-corrected chi connectivity index (χ1v) is 7.93. The molecule has 2 heterocycles. The summed E-state index contributed by atoms with van der Waals surface area (Å²) in [5.74, 6) is 1.06. The molecule has 1 saturated heterocycles. The zero-order valence-electron chi connectivity index (χ0n) is 13.3. The average Bonchev–Trinajstić information content (AvgIpc) is 3.10. The lowest BCUT2D eigenvalue weighted by Crippen LogP contribution is -2.44. The number of hydrogen-bond acceptors (Lipinski definition) is 3. The molecule has 1 fully saturated rings. The molecule has 5 nitrogen and oxygen atoms in total. The van der Waals surface area contributed by atoms with Crippen molar-refractivity contribution in [1.82, 2.24) is 14.9 Å². The van der Waals surface area contributed by atoms with Crippen molar-refractivity contribution in [3.05, 3.63) is 30.1 Å². The highest BCUT2D eigenvalue weighted by Crippen LogP contribution is 2.24. The minimum atomic E-state index is -0.627. The molecule has 1 amide bonds. The lowest BCUT2D eigenvalue weighted by Gasteiger charge is -2.21. The zero-order valence-corrected chi connectivity index (χ0v) is 13.3. The van der Waals surface area contributed by atoms with Crippen LogP contribution in [0.4, 0.5) is 0 Å². The molecule has 1 N–H and O–H groups in total. The maximum Gasteiger partial charge on any atom is 0.251 e. The monoisotopic (exact) mass is 301 g/mol. The quantitative estimate of drug-likeness (QED) is 0.861. The smallest absolute Gasteiger partial charge is 0.251 e. The van der Waals surface area contributed by atoms with Crippen molar-refractivity contribution in [2.45, 2.75) is 38.2 Å². The van der Waals surface area contributed by atoms with Gasteiger partial charge in [-0.3, -0.25) is 4.79 Å². The SMILES string of the molecule is Cn1c(CCCNC(=O)C2(C)CCCO2)nc2ccccc21. The highest BCUT2D eigenvalue weighted by Gasteiger charge is 2.37. The molecule has 1 unspecified atom stereocenters. The van der Waals surface area contributed by atoms with Crippen molar-refractivity contribution < 1.29 is 9.53 Å². The fraction of sp³-hybridized carbons (Fsp3) is 0.529.